The third kappa shape index (κ3) is 2.45. The zero-order chi connectivity index (χ0) is 13.2. The molecule has 0 aliphatic carbocycles. The highest BCUT2D eigenvalue weighted by Gasteiger charge is 2.28. The van der Waals surface area contributed by atoms with Crippen molar-refractivity contribution < 1.29 is 4.79 Å². The number of amides is 1. The van der Waals surface area contributed by atoms with Gasteiger partial charge in [0.2, 0.25) is 5.91 Å². The molecule has 0 saturated carbocycles. The lowest BCUT2D eigenvalue weighted by atomic mass is 10.1. The monoisotopic (exact) mass is 272 g/mol. The van der Waals surface area contributed by atoms with Crippen molar-refractivity contribution in [2.24, 2.45) is 5.92 Å². The summed E-state index contributed by atoms with van der Waals surface area (Å²) in [6.45, 7) is 1.46. The van der Waals surface area contributed by atoms with Crippen molar-refractivity contribution in [3.63, 3.8) is 0 Å². The maximum Gasteiger partial charge on any atom is 0.223 e. The molecule has 1 amide bonds. The number of hydrogen-bond donors (Lipinski definition) is 1. The van der Waals surface area contributed by atoms with Crippen molar-refractivity contribution in [2.45, 2.75) is 13.0 Å². The maximum absolute atomic E-state index is 12.0. The topological polar surface area (TPSA) is 33.2 Å². The lowest BCUT2D eigenvalue weighted by Crippen LogP contribution is -2.24. The Bertz CT molecular complexity index is 609. The van der Waals surface area contributed by atoms with Crippen LogP contribution in [0.3, 0.4) is 0 Å². The number of carbonyl (C=O) groups excluding carboxylic acids is 1. The Morgan fingerprint density at radius 1 is 1.32 bits per heavy atom. The van der Waals surface area contributed by atoms with Crippen molar-refractivity contribution in [3.8, 4) is 0 Å². The average molecular weight is 272 g/mol. The predicted molar refractivity (Wildman–Crippen MR) is 79.1 cm³/mol. The van der Waals surface area contributed by atoms with Crippen molar-refractivity contribution in [2.75, 3.05) is 12.3 Å². The Morgan fingerprint density at radius 3 is 2.95 bits per heavy atom. The molecule has 1 aromatic heterocycles. The van der Waals surface area contributed by atoms with Crippen molar-refractivity contribution in [1.29, 1.82) is 0 Å². The minimum absolute atomic E-state index is 0.229. The average Bonchev–Trinajstić information content (AvgIpc) is 2.80. The van der Waals surface area contributed by atoms with Gasteiger partial charge in [-0.25, -0.2) is 0 Å². The summed E-state index contributed by atoms with van der Waals surface area (Å²) >= 11 is 4.29. The predicted octanol–water partition coefficient (Wildman–Crippen LogP) is 2.51. The summed E-state index contributed by atoms with van der Waals surface area (Å²) < 4.78 is 0. The number of para-hydroxylation sites is 1. The summed E-state index contributed by atoms with van der Waals surface area (Å²) in [5, 5.41) is 1.12. The molecule has 2 heterocycles. The quantitative estimate of drug-likeness (QED) is 0.871. The van der Waals surface area contributed by atoms with Gasteiger partial charge in [-0.05, 0) is 23.3 Å². The van der Waals surface area contributed by atoms with E-state index in [9.17, 15) is 4.79 Å². The minimum atomic E-state index is 0.229. The zero-order valence-electron chi connectivity index (χ0n) is 10.6. The van der Waals surface area contributed by atoms with Crippen LogP contribution >= 0.6 is 12.6 Å². The van der Waals surface area contributed by atoms with E-state index in [1.807, 2.05) is 29.2 Å². The highest BCUT2D eigenvalue weighted by molar-refractivity contribution is 7.80. The van der Waals surface area contributed by atoms with Gasteiger partial charge >= 0.3 is 0 Å². The maximum atomic E-state index is 12.0. The van der Waals surface area contributed by atoms with Gasteiger partial charge in [-0.2, -0.15) is 12.6 Å². The van der Waals surface area contributed by atoms with Crippen molar-refractivity contribution in [1.82, 2.24) is 9.88 Å². The molecule has 1 fully saturated rings. The number of pyridine rings is 1. The lowest BCUT2D eigenvalue weighted by molar-refractivity contribution is -0.128. The summed E-state index contributed by atoms with van der Waals surface area (Å²) in [7, 11) is 0. The second-order valence-corrected chi connectivity index (χ2v) is 5.38. The number of nitrogens with zero attached hydrogens (tertiary/aromatic N) is 2. The van der Waals surface area contributed by atoms with Crippen LogP contribution in [-0.2, 0) is 11.3 Å². The molecule has 0 radical (unpaired) electrons. The van der Waals surface area contributed by atoms with Crippen LogP contribution in [0.15, 0.2) is 36.5 Å². The molecule has 3 nitrogen and oxygen atoms in total. The van der Waals surface area contributed by atoms with Gasteiger partial charge in [0.25, 0.3) is 0 Å². The molecule has 0 spiro atoms. The number of benzene rings is 1. The molecule has 19 heavy (non-hydrogen) atoms. The van der Waals surface area contributed by atoms with Crippen LogP contribution < -0.4 is 0 Å². The first kappa shape index (κ1) is 12.5. The highest BCUT2D eigenvalue weighted by atomic mass is 32.1. The van der Waals surface area contributed by atoms with Gasteiger partial charge in [-0.15, -0.1) is 0 Å². The van der Waals surface area contributed by atoms with Gasteiger partial charge in [0, 0.05) is 31.1 Å². The zero-order valence-corrected chi connectivity index (χ0v) is 11.5. The van der Waals surface area contributed by atoms with Gasteiger partial charge in [-0.1, -0.05) is 24.3 Å². The van der Waals surface area contributed by atoms with E-state index in [-0.39, 0.29) is 5.91 Å². The van der Waals surface area contributed by atoms with Gasteiger partial charge in [0.1, 0.15) is 0 Å². The van der Waals surface area contributed by atoms with Crippen LogP contribution in [0.4, 0.5) is 0 Å². The highest BCUT2D eigenvalue weighted by Crippen LogP contribution is 2.23. The molecule has 3 rings (SSSR count). The number of likely N-dealkylation sites (tertiary alicyclic amines) is 1. The van der Waals surface area contributed by atoms with Gasteiger partial charge in [0.15, 0.2) is 0 Å². The van der Waals surface area contributed by atoms with Gasteiger partial charge in [0.05, 0.1) is 5.52 Å². The van der Waals surface area contributed by atoms with Crippen LogP contribution in [0.5, 0.6) is 0 Å². The number of rotatable bonds is 3. The number of aromatic nitrogens is 1. The molecule has 4 heteroatoms. The third-order valence-electron chi connectivity index (χ3n) is 3.63. The van der Waals surface area contributed by atoms with Crippen LogP contribution in [0.1, 0.15) is 12.0 Å². The second-order valence-electron chi connectivity index (χ2n) is 5.02. The molecule has 1 atom stereocenters. The Labute approximate surface area is 118 Å². The summed E-state index contributed by atoms with van der Waals surface area (Å²) in [5.74, 6) is 1.39. The number of thiol groups is 1. The molecule has 1 saturated heterocycles. The van der Waals surface area contributed by atoms with Gasteiger partial charge in [-0.3, -0.25) is 9.78 Å². The van der Waals surface area contributed by atoms with E-state index in [1.165, 1.54) is 0 Å². The molecule has 0 N–H and O–H groups in total. The van der Waals surface area contributed by atoms with Crippen molar-refractivity contribution in [3.05, 3.63) is 42.1 Å². The van der Waals surface area contributed by atoms with E-state index in [0.717, 1.165) is 28.8 Å². The van der Waals surface area contributed by atoms with Crippen molar-refractivity contribution >= 4 is 29.4 Å². The van der Waals surface area contributed by atoms with Crippen LogP contribution in [0.25, 0.3) is 10.9 Å². The molecule has 1 unspecified atom stereocenters. The lowest BCUT2D eigenvalue weighted by Gasteiger charge is -2.17. The molecule has 0 bridgehead atoms. The van der Waals surface area contributed by atoms with Crippen LogP contribution in [0, 0.1) is 5.92 Å². The molecule has 1 aromatic carbocycles. The van der Waals surface area contributed by atoms with E-state index < -0.39 is 0 Å². The third-order valence-corrected chi connectivity index (χ3v) is 4.15. The summed E-state index contributed by atoms with van der Waals surface area (Å²) in [4.78, 5) is 18.3. The Morgan fingerprint density at radius 2 is 2.16 bits per heavy atom. The molecule has 2 aromatic rings. The van der Waals surface area contributed by atoms with E-state index in [0.29, 0.717) is 18.9 Å². The second kappa shape index (κ2) is 5.21. The van der Waals surface area contributed by atoms with Crippen LogP contribution in [0.2, 0.25) is 0 Å². The summed E-state index contributed by atoms with van der Waals surface area (Å²) in [6.07, 6.45) is 2.43. The van der Waals surface area contributed by atoms with E-state index in [4.69, 9.17) is 0 Å². The SMILES string of the molecule is O=C1CC(CS)CN1Cc1cccc2cccnc12. The number of fused-ring (bicyclic) bond motifs is 1. The Hall–Kier alpha value is -1.55. The summed E-state index contributed by atoms with van der Waals surface area (Å²) in [5.41, 5.74) is 2.11. The summed E-state index contributed by atoms with van der Waals surface area (Å²) in [6, 6.07) is 10.1. The molecule has 98 valence electrons. The van der Waals surface area contributed by atoms with Gasteiger partial charge < -0.3 is 4.90 Å². The minimum Gasteiger partial charge on any atom is -0.338 e. The van der Waals surface area contributed by atoms with E-state index >= 15 is 0 Å². The number of hydrogen-bond acceptors (Lipinski definition) is 3. The largest absolute Gasteiger partial charge is 0.338 e. The normalized spacial score (nSPS) is 19.3. The molecular weight excluding hydrogens is 256 g/mol. The fourth-order valence-corrected chi connectivity index (χ4v) is 2.87. The molecule has 1 aliphatic heterocycles. The Kier molecular flexibility index (Phi) is 3.42. The van der Waals surface area contributed by atoms with E-state index in [2.05, 4.69) is 23.7 Å². The fraction of sp³-hybridized carbons (Fsp3) is 0.333. The smallest absolute Gasteiger partial charge is 0.223 e. The fourth-order valence-electron chi connectivity index (χ4n) is 2.63. The van der Waals surface area contributed by atoms with Crippen LogP contribution in [-0.4, -0.2) is 28.1 Å². The standard InChI is InChI=1S/C15H16N2OS/c18-14-7-11(10-19)8-17(14)9-13-4-1-3-12-5-2-6-16-15(12)13/h1-6,11,19H,7-10H2. The molecular formula is C15H16N2OS. The number of carbonyl (C=O) groups is 1. The molecule has 1 aliphatic rings. The first-order valence-electron chi connectivity index (χ1n) is 6.49. The first-order chi connectivity index (χ1) is 9.28. The van der Waals surface area contributed by atoms with E-state index in [1.54, 1.807) is 6.20 Å². The Balaban J connectivity index is 1.88. The first-order valence-corrected chi connectivity index (χ1v) is 7.12.